The van der Waals surface area contributed by atoms with Crippen LogP contribution >= 0.6 is 11.3 Å². The molecule has 0 spiro atoms. The van der Waals surface area contributed by atoms with Gasteiger partial charge in [-0.15, -0.1) is 11.3 Å². The topological polar surface area (TPSA) is 64.0 Å². The zero-order valence-electron chi connectivity index (χ0n) is 14.6. The highest BCUT2D eigenvalue weighted by Crippen LogP contribution is 2.30. The van der Waals surface area contributed by atoms with E-state index in [1.807, 2.05) is 57.2 Å². The largest absolute Gasteiger partial charge is 0.350 e. The van der Waals surface area contributed by atoms with Gasteiger partial charge in [0.2, 0.25) is 5.91 Å². The van der Waals surface area contributed by atoms with Crippen molar-refractivity contribution in [2.45, 2.75) is 39.3 Å². The maximum absolute atomic E-state index is 12.7. The van der Waals surface area contributed by atoms with Gasteiger partial charge in [0.1, 0.15) is 11.2 Å². The number of thiophene rings is 1. The van der Waals surface area contributed by atoms with Gasteiger partial charge in [-0.25, -0.2) is 4.98 Å². The first kappa shape index (κ1) is 17.4. The molecule has 2 aromatic heterocycles. The lowest BCUT2D eigenvalue weighted by molar-refractivity contribution is -0.123. The number of carbonyl (C=O) groups excluding carboxylic acids is 1. The van der Waals surface area contributed by atoms with Crippen molar-refractivity contribution in [1.82, 2.24) is 14.9 Å². The molecule has 0 bridgehead atoms. The van der Waals surface area contributed by atoms with E-state index in [0.717, 1.165) is 16.9 Å². The molecule has 3 aromatic rings. The molecule has 0 aliphatic carbocycles. The first-order valence-electron chi connectivity index (χ1n) is 8.25. The molecular formula is C19H21N3O2S. The molecule has 0 saturated carbocycles. The summed E-state index contributed by atoms with van der Waals surface area (Å²) >= 11 is 1.41. The molecule has 0 aliphatic rings. The molecule has 3 rings (SSSR count). The predicted molar refractivity (Wildman–Crippen MR) is 102 cm³/mol. The first-order valence-corrected chi connectivity index (χ1v) is 9.07. The monoisotopic (exact) mass is 355 g/mol. The molecule has 0 fully saturated rings. The maximum Gasteiger partial charge on any atom is 0.271 e. The lowest BCUT2D eigenvalue weighted by Gasteiger charge is -2.24. The van der Waals surface area contributed by atoms with Crippen LogP contribution < -0.4 is 10.9 Å². The maximum atomic E-state index is 12.7. The number of nitrogens with one attached hydrogen (secondary N) is 1. The summed E-state index contributed by atoms with van der Waals surface area (Å²) in [4.78, 5) is 30.3. The molecule has 0 saturated heterocycles. The van der Waals surface area contributed by atoms with Gasteiger partial charge in [0.15, 0.2) is 0 Å². The van der Waals surface area contributed by atoms with E-state index in [1.165, 1.54) is 22.2 Å². The summed E-state index contributed by atoms with van der Waals surface area (Å²) in [5, 5.41) is 2.94. The molecule has 0 aliphatic heterocycles. The molecule has 0 atom stereocenters. The number of rotatable bonds is 5. The Labute approximate surface area is 150 Å². The van der Waals surface area contributed by atoms with Crippen LogP contribution in [-0.2, 0) is 11.3 Å². The Morgan fingerprint density at radius 1 is 1.28 bits per heavy atom. The Morgan fingerprint density at radius 3 is 2.68 bits per heavy atom. The fourth-order valence-corrected chi connectivity index (χ4v) is 3.53. The summed E-state index contributed by atoms with van der Waals surface area (Å²) < 4.78 is 1.94. The van der Waals surface area contributed by atoms with Crippen LogP contribution in [0.15, 0.2) is 47.5 Å². The zero-order chi connectivity index (χ0) is 18.0. The van der Waals surface area contributed by atoms with E-state index < -0.39 is 0 Å². The van der Waals surface area contributed by atoms with Gasteiger partial charge in [-0.3, -0.25) is 14.2 Å². The Hall–Kier alpha value is -2.47. The molecule has 5 nitrogen and oxygen atoms in total. The zero-order valence-corrected chi connectivity index (χ0v) is 15.4. The third-order valence-electron chi connectivity index (χ3n) is 4.24. The van der Waals surface area contributed by atoms with Crippen LogP contribution in [0.3, 0.4) is 0 Å². The van der Waals surface area contributed by atoms with Crippen molar-refractivity contribution in [2.24, 2.45) is 0 Å². The normalized spacial score (nSPS) is 11.6. The SMILES string of the molecule is CCC(C)(C)NC(=O)Cn1cnc2cc(-c3ccccc3)sc2c1=O. The number of carbonyl (C=O) groups is 1. The molecular weight excluding hydrogens is 334 g/mol. The Balaban J connectivity index is 1.90. The second-order valence-electron chi connectivity index (χ2n) is 6.65. The van der Waals surface area contributed by atoms with Gasteiger partial charge < -0.3 is 5.32 Å². The first-order chi connectivity index (χ1) is 11.9. The van der Waals surface area contributed by atoms with E-state index in [2.05, 4.69) is 10.3 Å². The van der Waals surface area contributed by atoms with Crippen molar-refractivity contribution in [3.63, 3.8) is 0 Å². The molecule has 25 heavy (non-hydrogen) atoms. The van der Waals surface area contributed by atoms with Crippen molar-refractivity contribution in [2.75, 3.05) is 0 Å². The molecule has 2 heterocycles. The van der Waals surface area contributed by atoms with E-state index in [-0.39, 0.29) is 23.6 Å². The average Bonchev–Trinajstić information content (AvgIpc) is 3.03. The molecule has 1 N–H and O–H groups in total. The van der Waals surface area contributed by atoms with E-state index in [9.17, 15) is 9.59 Å². The lowest BCUT2D eigenvalue weighted by Crippen LogP contribution is -2.45. The highest BCUT2D eigenvalue weighted by Gasteiger charge is 2.19. The second-order valence-corrected chi connectivity index (χ2v) is 7.71. The van der Waals surface area contributed by atoms with Crippen molar-refractivity contribution in [1.29, 1.82) is 0 Å². The average molecular weight is 355 g/mol. The molecule has 6 heteroatoms. The summed E-state index contributed by atoms with van der Waals surface area (Å²) in [6.45, 7) is 5.90. The highest BCUT2D eigenvalue weighted by atomic mass is 32.1. The van der Waals surface area contributed by atoms with Gasteiger partial charge in [-0.1, -0.05) is 37.3 Å². The quantitative estimate of drug-likeness (QED) is 0.763. The highest BCUT2D eigenvalue weighted by molar-refractivity contribution is 7.22. The van der Waals surface area contributed by atoms with Crippen molar-refractivity contribution in [3.8, 4) is 10.4 Å². The fourth-order valence-electron chi connectivity index (χ4n) is 2.46. The summed E-state index contributed by atoms with van der Waals surface area (Å²) in [6.07, 6.45) is 2.26. The number of amides is 1. The smallest absolute Gasteiger partial charge is 0.271 e. The van der Waals surface area contributed by atoms with E-state index >= 15 is 0 Å². The van der Waals surface area contributed by atoms with Crippen LogP contribution in [0.4, 0.5) is 0 Å². The number of hydrogen-bond donors (Lipinski definition) is 1. The second kappa shape index (κ2) is 6.80. The van der Waals surface area contributed by atoms with Crippen LogP contribution in [0.2, 0.25) is 0 Å². The van der Waals surface area contributed by atoms with Crippen LogP contribution in [0.25, 0.3) is 20.7 Å². The van der Waals surface area contributed by atoms with E-state index in [0.29, 0.717) is 10.2 Å². The standard InChI is InChI=1S/C19H21N3O2S/c1-4-19(2,3)21-16(23)11-22-12-20-14-10-15(25-17(14)18(22)24)13-8-6-5-7-9-13/h5-10,12H,4,11H2,1-3H3,(H,21,23). The number of hydrogen-bond acceptors (Lipinski definition) is 4. The summed E-state index contributed by atoms with van der Waals surface area (Å²) in [6, 6.07) is 11.8. The number of nitrogens with zero attached hydrogens (tertiary/aromatic N) is 2. The van der Waals surface area contributed by atoms with Gasteiger partial charge >= 0.3 is 0 Å². The summed E-state index contributed by atoms with van der Waals surface area (Å²) in [5.74, 6) is -0.185. The lowest BCUT2D eigenvalue weighted by atomic mass is 10.0. The Bertz CT molecular complexity index is 958. The van der Waals surface area contributed by atoms with Crippen LogP contribution in [0.5, 0.6) is 0 Å². The molecule has 130 valence electrons. The fraction of sp³-hybridized carbons (Fsp3) is 0.316. The van der Waals surface area contributed by atoms with Crippen molar-refractivity contribution in [3.05, 3.63) is 53.1 Å². The van der Waals surface area contributed by atoms with Gasteiger partial charge in [0.25, 0.3) is 5.56 Å². The predicted octanol–water partition coefficient (Wildman–Crippen LogP) is 3.43. The van der Waals surface area contributed by atoms with Crippen molar-refractivity contribution >= 4 is 27.5 Å². The Morgan fingerprint density at radius 2 is 2.00 bits per heavy atom. The van der Waals surface area contributed by atoms with Crippen LogP contribution in [0.1, 0.15) is 27.2 Å². The number of benzene rings is 1. The molecule has 1 amide bonds. The minimum atomic E-state index is -0.290. The van der Waals surface area contributed by atoms with Crippen LogP contribution in [-0.4, -0.2) is 21.0 Å². The van der Waals surface area contributed by atoms with Gasteiger partial charge in [0.05, 0.1) is 11.8 Å². The third kappa shape index (κ3) is 3.79. The molecule has 0 radical (unpaired) electrons. The number of fused-ring (bicyclic) bond motifs is 1. The van der Waals surface area contributed by atoms with Crippen molar-refractivity contribution < 1.29 is 4.79 Å². The van der Waals surface area contributed by atoms with Crippen LogP contribution in [0, 0.1) is 0 Å². The van der Waals surface area contributed by atoms with Gasteiger partial charge in [0, 0.05) is 10.4 Å². The van der Waals surface area contributed by atoms with E-state index in [4.69, 9.17) is 0 Å². The summed E-state index contributed by atoms with van der Waals surface area (Å²) in [5.41, 5.74) is 1.25. The minimum absolute atomic E-state index is 0.0240. The summed E-state index contributed by atoms with van der Waals surface area (Å²) in [7, 11) is 0. The third-order valence-corrected chi connectivity index (χ3v) is 5.40. The molecule has 0 unspecified atom stereocenters. The Kier molecular flexibility index (Phi) is 4.72. The van der Waals surface area contributed by atoms with Gasteiger partial charge in [-0.05, 0) is 31.9 Å². The van der Waals surface area contributed by atoms with Gasteiger partial charge in [-0.2, -0.15) is 0 Å². The number of aromatic nitrogens is 2. The minimum Gasteiger partial charge on any atom is -0.350 e. The van der Waals surface area contributed by atoms with E-state index in [1.54, 1.807) is 0 Å². The molecule has 1 aromatic carbocycles.